The van der Waals surface area contributed by atoms with E-state index in [1.54, 1.807) is 7.11 Å². The van der Waals surface area contributed by atoms with Gasteiger partial charge in [0, 0.05) is 11.1 Å². The second-order valence-electron chi connectivity index (χ2n) is 8.98. The van der Waals surface area contributed by atoms with Gasteiger partial charge in [-0.2, -0.15) is 0 Å². The van der Waals surface area contributed by atoms with E-state index < -0.39 is 0 Å². The molecule has 2 heterocycles. The predicted molar refractivity (Wildman–Crippen MR) is 151 cm³/mol. The molecule has 0 saturated heterocycles. The molecule has 1 aromatic heterocycles. The van der Waals surface area contributed by atoms with E-state index in [1.807, 2.05) is 54.0 Å². The van der Waals surface area contributed by atoms with Crippen molar-refractivity contribution in [1.29, 1.82) is 0 Å². The normalized spacial score (nSPS) is 16.5. The summed E-state index contributed by atoms with van der Waals surface area (Å²) in [6, 6.07) is 22.0. The zero-order valence-electron chi connectivity index (χ0n) is 20.5. The molecule has 1 aliphatic carbocycles. The summed E-state index contributed by atoms with van der Waals surface area (Å²) in [5.41, 5.74) is 6.43. The molecule has 0 unspecified atom stereocenters. The maximum atomic E-state index is 14.0. The number of para-hydroxylation sites is 1. The first-order valence-electron chi connectivity index (χ1n) is 12.3. The Morgan fingerprint density at radius 2 is 1.89 bits per heavy atom. The molecule has 0 N–H and O–H groups in total. The Morgan fingerprint density at radius 1 is 1.08 bits per heavy atom. The van der Waals surface area contributed by atoms with Crippen LogP contribution in [0.5, 0.6) is 11.5 Å². The highest BCUT2D eigenvalue weighted by molar-refractivity contribution is 9.10. The van der Waals surface area contributed by atoms with E-state index >= 15 is 0 Å². The smallest absolute Gasteiger partial charge is 0.271 e. The molecule has 7 heteroatoms. The second-order valence-corrected chi connectivity index (χ2v) is 10.8. The van der Waals surface area contributed by atoms with Crippen molar-refractivity contribution >= 4 is 39.0 Å². The van der Waals surface area contributed by atoms with Gasteiger partial charge in [0.15, 0.2) is 4.80 Å². The molecular formula is C30H25BrN2O3S. The van der Waals surface area contributed by atoms with Gasteiger partial charge < -0.3 is 9.47 Å². The number of fused-ring (bicyclic) bond motifs is 3. The van der Waals surface area contributed by atoms with E-state index in [2.05, 4.69) is 46.3 Å². The summed E-state index contributed by atoms with van der Waals surface area (Å²) in [4.78, 5) is 19.7. The van der Waals surface area contributed by atoms with Crippen molar-refractivity contribution in [3.05, 3.63) is 119 Å². The third-order valence-corrected chi connectivity index (χ3v) is 8.46. The quantitative estimate of drug-likeness (QED) is 0.318. The van der Waals surface area contributed by atoms with Crippen LogP contribution in [-0.4, -0.2) is 18.3 Å². The first-order valence-corrected chi connectivity index (χ1v) is 13.9. The van der Waals surface area contributed by atoms with Crippen LogP contribution in [0.15, 0.2) is 86.6 Å². The van der Waals surface area contributed by atoms with Crippen molar-refractivity contribution in [2.24, 2.45) is 4.99 Å². The van der Waals surface area contributed by atoms with Gasteiger partial charge in [-0.05, 0) is 76.7 Å². The van der Waals surface area contributed by atoms with Crippen molar-refractivity contribution in [1.82, 2.24) is 4.57 Å². The Labute approximate surface area is 227 Å². The van der Waals surface area contributed by atoms with E-state index in [9.17, 15) is 4.79 Å². The minimum absolute atomic E-state index is 0.0462. The third-order valence-electron chi connectivity index (χ3n) is 6.86. The van der Waals surface area contributed by atoms with Gasteiger partial charge in [0.2, 0.25) is 0 Å². The average molecular weight is 574 g/mol. The minimum atomic E-state index is -0.273. The fourth-order valence-electron chi connectivity index (χ4n) is 5.22. The number of rotatable bonds is 5. The molecule has 0 saturated carbocycles. The summed E-state index contributed by atoms with van der Waals surface area (Å²) in [6.45, 7) is 2.55. The van der Waals surface area contributed by atoms with E-state index in [-0.39, 0.29) is 11.6 Å². The Morgan fingerprint density at radius 3 is 2.70 bits per heavy atom. The summed E-state index contributed by atoms with van der Waals surface area (Å²) in [5, 5.41) is 0. The average Bonchev–Trinajstić information content (AvgIpc) is 3.23. The zero-order valence-corrected chi connectivity index (χ0v) is 22.9. The summed E-state index contributed by atoms with van der Waals surface area (Å²) < 4.78 is 14.8. The number of aromatic nitrogens is 1. The van der Waals surface area contributed by atoms with Gasteiger partial charge in [0.25, 0.3) is 5.56 Å². The van der Waals surface area contributed by atoms with Gasteiger partial charge in [0.1, 0.15) is 11.5 Å². The Kier molecular flexibility index (Phi) is 6.34. The third kappa shape index (κ3) is 4.16. The van der Waals surface area contributed by atoms with E-state index in [1.165, 1.54) is 16.9 Å². The minimum Gasteiger partial charge on any atom is -0.496 e. The number of allylic oxidation sites excluding steroid dienone is 1. The molecule has 0 spiro atoms. The first-order chi connectivity index (χ1) is 18.1. The fraction of sp³-hybridized carbons (Fsp3) is 0.200. The van der Waals surface area contributed by atoms with E-state index in [0.29, 0.717) is 15.9 Å². The van der Waals surface area contributed by atoms with Crippen LogP contribution < -0.4 is 24.4 Å². The molecule has 1 aliphatic heterocycles. The van der Waals surface area contributed by atoms with Crippen LogP contribution >= 0.6 is 27.3 Å². The summed E-state index contributed by atoms with van der Waals surface area (Å²) in [7, 11) is 1.68. The first kappa shape index (κ1) is 23.9. The molecule has 186 valence electrons. The molecule has 0 radical (unpaired) electrons. The number of halogens is 1. The molecule has 6 rings (SSSR count). The van der Waals surface area contributed by atoms with Gasteiger partial charge in [-0.1, -0.05) is 59.9 Å². The molecule has 1 atom stereocenters. The van der Waals surface area contributed by atoms with E-state index in [0.717, 1.165) is 56.8 Å². The van der Waals surface area contributed by atoms with Crippen LogP contribution in [0.3, 0.4) is 0 Å². The second kappa shape index (κ2) is 9.80. The number of hydrogen-bond acceptors (Lipinski definition) is 5. The topological polar surface area (TPSA) is 52.8 Å². The Bertz CT molecular complexity index is 1730. The lowest BCUT2D eigenvalue weighted by Gasteiger charge is -2.31. The molecule has 0 bridgehead atoms. The Balaban J connectivity index is 1.59. The number of nitrogens with zero attached hydrogens (tertiary/aromatic N) is 2. The molecule has 5 nitrogen and oxygen atoms in total. The summed E-state index contributed by atoms with van der Waals surface area (Å²) >= 11 is 5.01. The van der Waals surface area contributed by atoms with Crippen LogP contribution in [0.4, 0.5) is 0 Å². The highest BCUT2D eigenvalue weighted by Gasteiger charge is 2.33. The maximum absolute atomic E-state index is 14.0. The molecule has 0 fully saturated rings. The lowest BCUT2D eigenvalue weighted by molar-refractivity contribution is 0.338. The summed E-state index contributed by atoms with van der Waals surface area (Å²) in [6.07, 6.45) is 3.69. The van der Waals surface area contributed by atoms with Crippen molar-refractivity contribution in [2.75, 3.05) is 13.7 Å². The highest BCUT2D eigenvalue weighted by atomic mass is 79.9. The molecule has 2 aliphatic rings. The van der Waals surface area contributed by atoms with Gasteiger partial charge in [0.05, 0.1) is 34.5 Å². The molecule has 3 aromatic carbocycles. The lowest BCUT2D eigenvalue weighted by Crippen LogP contribution is -2.39. The van der Waals surface area contributed by atoms with Gasteiger partial charge in [-0.15, -0.1) is 0 Å². The molecule has 0 amide bonds. The van der Waals surface area contributed by atoms with Crippen LogP contribution in [-0.2, 0) is 6.42 Å². The number of aryl methyl sites for hydroxylation is 1. The van der Waals surface area contributed by atoms with Crippen LogP contribution in [0.2, 0.25) is 0 Å². The monoisotopic (exact) mass is 572 g/mol. The number of thiazole rings is 1. The lowest BCUT2D eigenvalue weighted by atomic mass is 9.83. The molecule has 37 heavy (non-hydrogen) atoms. The largest absolute Gasteiger partial charge is 0.496 e. The van der Waals surface area contributed by atoms with Crippen LogP contribution in [0.1, 0.15) is 41.6 Å². The Hall–Kier alpha value is -3.42. The van der Waals surface area contributed by atoms with Gasteiger partial charge in [-0.25, -0.2) is 4.99 Å². The van der Waals surface area contributed by atoms with E-state index in [4.69, 9.17) is 14.5 Å². The van der Waals surface area contributed by atoms with Crippen LogP contribution in [0.25, 0.3) is 11.8 Å². The number of methoxy groups -OCH3 is 1. The number of hydrogen-bond donors (Lipinski definition) is 0. The standard InChI is InChI=1S/C30H25BrN2O3S/c1-3-36-25-15-12-18(16-23(25)31)17-26-29(34)33-28(21-10-6-7-11-24(21)35-2)22-14-13-19-8-4-5-9-20(19)27(22)32-30(33)37-26/h4-12,15-17,28H,3,13-14H2,1-2H3/b26-17-/t28-/m1/s1. The maximum Gasteiger partial charge on any atom is 0.271 e. The van der Waals surface area contributed by atoms with Crippen molar-refractivity contribution in [3.8, 4) is 11.5 Å². The zero-order chi connectivity index (χ0) is 25.5. The fourth-order valence-corrected chi connectivity index (χ4v) is 6.73. The predicted octanol–water partition coefficient (Wildman–Crippen LogP) is 5.49. The van der Waals surface area contributed by atoms with Gasteiger partial charge >= 0.3 is 0 Å². The van der Waals surface area contributed by atoms with Crippen molar-refractivity contribution in [2.45, 2.75) is 25.8 Å². The summed E-state index contributed by atoms with van der Waals surface area (Å²) in [5.74, 6) is 1.55. The SMILES string of the molecule is CCOc1ccc(/C=c2\sc3n(c2=O)[C@H](c2ccccc2OC)C2=C(N=3)c3ccccc3CC2)cc1Br. The van der Waals surface area contributed by atoms with Crippen molar-refractivity contribution < 1.29 is 9.47 Å². The highest BCUT2D eigenvalue weighted by Crippen LogP contribution is 2.43. The van der Waals surface area contributed by atoms with Gasteiger partial charge in [-0.3, -0.25) is 9.36 Å². The van der Waals surface area contributed by atoms with Crippen molar-refractivity contribution in [3.63, 3.8) is 0 Å². The molecule has 4 aromatic rings. The van der Waals surface area contributed by atoms with Crippen LogP contribution in [0, 0.1) is 0 Å². The number of ether oxygens (including phenoxy) is 2. The molecular weight excluding hydrogens is 548 g/mol. The number of benzene rings is 3.